The molecule has 1 aliphatic heterocycles. The van der Waals surface area contributed by atoms with Crippen LogP contribution in [-0.4, -0.2) is 47.0 Å². The summed E-state index contributed by atoms with van der Waals surface area (Å²) in [4.78, 5) is 25.6. The average molecular weight is 384 g/mol. The molecule has 6 heteroatoms. The predicted molar refractivity (Wildman–Crippen MR) is 112 cm³/mol. The number of para-hydroxylation sites is 1. The van der Waals surface area contributed by atoms with Gasteiger partial charge in [0.1, 0.15) is 5.82 Å². The number of carbonyl (C=O) groups excluding carboxylic acids is 1. The molecule has 0 unspecified atom stereocenters. The Kier molecular flexibility index (Phi) is 4.44. The molecule has 1 saturated heterocycles. The highest BCUT2D eigenvalue weighted by Gasteiger charge is 2.24. The van der Waals surface area contributed by atoms with E-state index in [2.05, 4.69) is 39.1 Å². The fourth-order valence-electron chi connectivity index (χ4n) is 3.76. The van der Waals surface area contributed by atoms with E-state index < -0.39 is 0 Å². The molecule has 144 valence electrons. The van der Waals surface area contributed by atoms with E-state index in [1.165, 1.54) is 6.26 Å². The van der Waals surface area contributed by atoms with Gasteiger partial charge in [-0.1, -0.05) is 24.3 Å². The zero-order chi connectivity index (χ0) is 19.6. The molecule has 1 fully saturated rings. The summed E-state index contributed by atoms with van der Waals surface area (Å²) in [6.45, 7) is 2.79. The first-order valence-electron chi connectivity index (χ1n) is 9.67. The van der Waals surface area contributed by atoms with Crippen LogP contribution in [0.2, 0.25) is 0 Å². The van der Waals surface area contributed by atoms with Gasteiger partial charge in [0, 0.05) is 55.1 Å². The Bertz CT molecular complexity index is 1130. The SMILES string of the molecule is O=C(c1ccco1)N1CCN(c2ccc(-c3cccc4cccnc34)cn2)CC1. The molecule has 4 heterocycles. The molecule has 0 spiro atoms. The van der Waals surface area contributed by atoms with E-state index in [9.17, 15) is 4.79 Å². The first-order chi connectivity index (χ1) is 14.3. The maximum atomic E-state index is 12.4. The summed E-state index contributed by atoms with van der Waals surface area (Å²) in [6, 6.07) is 17.8. The lowest BCUT2D eigenvalue weighted by molar-refractivity contribution is 0.0714. The van der Waals surface area contributed by atoms with Gasteiger partial charge in [-0.05, 0) is 30.3 Å². The first-order valence-corrected chi connectivity index (χ1v) is 9.67. The van der Waals surface area contributed by atoms with Gasteiger partial charge in [0.25, 0.3) is 5.91 Å². The molecule has 29 heavy (non-hydrogen) atoms. The van der Waals surface area contributed by atoms with E-state index in [-0.39, 0.29) is 5.91 Å². The van der Waals surface area contributed by atoms with E-state index >= 15 is 0 Å². The van der Waals surface area contributed by atoms with Crippen LogP contribution in [0.1, 0.15) is 10.6 Å². The molecule has 4 aromatic rings. The second kappa shape index (κ2) is 7.39. The highest BCUT2D eigenvalue weighted by atomic mass is 16.3. The van der Waals surface area contributed by atoms with Crippen LogP contribution in [-0.2, 0) is 0 Å². The Morgan fingerprint density at radius 1 is 0.897 bits per heavy atom. The lowest BCUT2D eigenvalue weighted by Gasteiger charge is -2.35. The van der Waals surface area contributed by atoms with Crippen LogP contribution in [0, 0.1) is 0 Å². The Morgan fingerprint density at radius 2 is 1.76 bits per heavy atom. The summed E-state index contributed by atoms with van der Waals surface area (Å²) in [5.74, 6) is 1.26. The van der Waals surface area contributed by atoms with Gasteiger partial charge in [0.05, 0.1) is 11.8 Å². The predicted octanol–water partition coefficient (Wildman–Crippen LogP) is 3.85. The van der Waals surface area contributed by atoms with Crippen molar-refractivity contribution in [2.75, 3.05) is 31.1 Å². The fraction of sp³-hybridized carbons (Fsp3) is 0.174. The normalized spacial score (nSPS) is 14.3. The van der Waals surface area contributed by atoms with Crippen LogP contribution >= 0.6 is 0 Å². The number of anilines is 1. The quantitative estimate of drug-likeness (QED) is 0.537. The Morgan fingerprint density at radius 3 is 2.52 bits per heavy atom. The maximum Gasteiger partial charge on any atom is 0.289 e. The highest BCUT2D eigenvalue weighted by molar-refractivity contribution is 5.93. The van der Waals surface area contributed by atoms with Crippen molar-refractivity contribution in [3.63, 3.8) is 0 Å². The molecular formula is C23H20N4O2. The molecule has 0 saturated carbocycles. The third-order valence-corrected chi connectivity index (χ3v) is 5.31. The summed E-state index contributed by atoms with van der Waals surface area (Å²) < 4.78 is 5.22. The lowest BCUT2D eigenvalue weighted by Crippen LogP contribution is -2.49. The van der Waals surface area contributed by atoms with Crippen molar-refractivity contribution in [3.8, 4) is 11.1 Å². The highest BCUT2D eigenvalue weighted by Crippen LogP contribution is 2.27. The van der Waals surface area contributed by atoms with Crippen molar-refractivity contribution in [3.05, 3.63) is 79.0 Å². The Hall–Kier alpha value is -3.67. The number of nitrogens with zero attached hydrogens (tertiary/aromatic N) is 4. The molecular weight excluding hydrogens is 364 g/mol. The second-order valence-corrected chi connectivity index (χ2v) is 7.04. The lowest BCUT2D eigenvalue weighted by atomic mass is 10.0. The summed E-state index contributed by atoms with van der Waals surface area (Å²) in [5.41, 5.74) is 3.11. The monoisotopic (exact) mass is 384 g/mol. The standard InChI is InChI=1S/C23H20N4O2/c28-23(20-7-3-15-29-20)27-13-11-26(12-14-27)21-9-8-18(16-25-21)19-6-1-4-17-5-2-10-24-22(17)19/h1-10,15-16H,11-14H2. The van der Waals surface area contributed by atoms with Gasteiger partial charge < -0.3 is 14.2 Å². The van der Waals surface area contributed by atoms with Crippen molar-refractivity contribution in [2.24, 2.45) is 0 Å². The Labute approximate surface area is 168 Å². The number of benzene rings is 1. The number of carbonyl (C=O) groups is 1. The van der Waals surface area contributed by atoms with Gasteiger partial charge in [-0.15, -0.1) is 0 Å². The smallest absolute Gasteiger partial charge is 0.289 e. The van der Waals surface area contributed by atoms with Crippen LogP contribution in [0.15, 0.2) is 77.7 Å². The molecule has 1 aliphatic rings. The largest absolute Gasteiger partial charge is 0.459 e. The summed E-state index contributed by atoms with van der Waals surface area (Å²) >= 11 is 0. The minimum Gasteiger partial charge on any atom is -0.459 e. The number of hydrogen-bond donors (Lipinski definition) is 0. The molecule has 0 radical (unpaired) electrons. The van der Waals surface area contributed by atoms with E-state index in [0.717, 1.165) is 40.9 Å². The van der Waals surface area contributed by atoms with Crippen molar-refractivity contribution in [1.29, 1.82) is 0 Å². The van der Waals surface area contributed by atoms with Gasteiger partial charge >= 0.3 is 0 Å². The van der Waals surface area contributed by atoms with E-state index in [1.54, 1.807) is 12.1 Å². The number of pyridine rings is 2. The van der Waals surface area contributed by atoms with Crippen LogP contribution in [0.4, 0.5) is 5.82 Å². The van der Waals surface area contributed by atoms with Gasteiger partial charge in [-0.2, -0.15) is 0 Å². The van der Waals surface area contributed by atoms with E-state index in [0.29, 0.717) is 18.8 Å². The van der Waals surface area contributed by atoms with Crippen LogP contribution in [0.5, 0.6) is 0 Å². The van der Waals surface area contributed by atoms with Gasteiger partial charge in [0.15, 0.2) is 5.76 Å². The van der Waals surface area contributed by atoms with Crippen molar-refractivity contribution in [1.82, 2.24) is 14.9 Å². The second-order valence-electron chi connectivity index (χ2n) is 7.04. The summed E-state index contributed by atoms with van der Waals surface area (Å²) in [5, 5.41) is 1.12. The zero-order valence-corrected chi connectivity index (χ0v) is 15.9. The number of furan rings is 1. The molecule has 0 atom stereocenters. The number of aromatic nitrogens is 2. The molecule has 0 N–H and O–H groups in total. The molecule has 0 bridgehead atoms. The third-order valence-electron chi connectivity index (χ3n) is 5.31. The van der Waals surface area contributed by atoms with Gasteiger partial charge in [-0.3, -0.25) is 9.78 Å². The maximum absolute atomic E-state index is 12.4. The number of hydrogen-bond acceptors (Lipinski definition) is 5. The number of amides is 1. The van der Waals surface area contributed by atoms with Crippen molar-refractivity contribution < 1.29 is 9.21 Å². The molecule has 1 amide bonds. The molecule has 6 nitrogen and oxygen atoms in total. The first kappa shape index (κ1) is 17.4. The molecule has 5 rings (SSSR count). The van der Waals surface area contributed by atoms with Gasteiger partial charge in [-0.25, -0.2) is 4.98 Å². The zero-order valence-electron chi connectivity index (χ0n) is 15.9. The summed E-state index contributed by atoms with van der Waals surface area (Å²) in [7, 11) is 0. The molecule has 1 aromatic carbocycles. The average Bonchev–Trinajstić information content (AvgIpc) is 3.33. The minimum atomic E-state index is -0.0542. The van der Waals surface area contributed by atoms with Crippen molar-refractivity contribution in [2.45, 2.75) is 0 Å². The van der Waals surface area contributed by atoms with Crippen LogP contribution < -0.4 is 4.90 Å². The molecule has 0 aliphatic carbocycles. The van der Waals surface area contributed by atoms with Crippen LogP contribution in [0.25, 0.3) is 22.0 Å². The van der Waals surface area contributed by atoms with Crippen LogP contribution in [0.3, 0.4) is 0 Å². The Balaban J connectivity index is 1.31. The number of piperazine rings is 1. The number of rotatable bonds is 3. The third kappa shape index (κ3) is 3.33. The van der Waals surface area contributed by atoms with E-state index in [1.807, 2.05) is 35.5 Å². The fourth-order valence-corrected chi connectivity index (χ4v) is 3.76. The van der Waals surface area contributed by atoms with Gasteiger partial charge in [0.2, 0.25) is 0 Å². The topological polar surface area (TPSA) is 62.5 Å². The van der Waals surface area contributed by atoms with Crippen molar-refractivity contribution >= 4 is 22.6 Å². The van der Waals surface area contributed by atoms with E-state index in [4.69, 9.17) is 4.42 Å². The number of fused-ring (bicyclic) bond motifs is 1. The molecule has 3 aromatic heterocycles. The summed E-state index contributed by atoms with van der Waals surface area (Å²) in [6.07, 6.45) is 5.25. The minimum absolute atomic E-state index is 0.0542.